The van der Waals surface area contributed by atoms with Crippen molar-refractivity contribution in [1.82, 2.24) is 29.5 Å². The molecule has 0 unspecified atom stereocenters. The summed E-state index contributed by atoms with van der Waals surface area (Å²) in [7, 11) is 0. The zero-order valence-electron chi connectivity index (χ0n) is 18.5. The minimum atomic E-state index is -0.400. The van der Waals surface area contributed by atoms with Crippen LogP contribution in [0.25, 0.3) is 17.1 Å². The summed E-state index contributed by atoms with van der Waals surface area (Å²) >= 11 is 1.19. The predicted molar refractivity (Wildman–Crippen MR) is 132 cm³/mol. The molecule has 3 aromatic carbocycles. The number of nitrogens with one attached hydrogen (secondary N) is 1. The molecule has 0 saturated carbocycles. The van der Waals surface area contributed by atoms with Crippen LogP contribution >= 0.6 is 11.8 Å². The summed E-state index contributed by atoms with van der Waals surface area (Å²) in [4.78, 5) is 16.8. The summed E-state index contributed by atoms with van der Waals surface area (Å²) in [6.07, 6.45) is 1.57. The highest BCUT2D eigenvalue weighted by Gasteiger charge is 2.19. The average molecular weight is 486 g/mol. The van der Waals surface area contributed by atoms with E-state index in [0.717, 1.165) is 11.3 Å². The summed E-state index contributed by atoms with van der Waals surface area (Å²) in [6, 6.07) is 25.6. The van der Waals surface area contributed by atoms with E-state index in [1.54, 1.807) is 33.8 Å². The van der Waals surface area contributed by atoms with Gasteiger partial charge in [-0.2, -0.15) is 0 Å². The third kappa shape index (κ3) is 5.28. The summed E-state index contributed by atoms with van der Waals surface area (Å²) in [5.74, 6) is -0.0529. The number of thioether (sulfide) groups is 1. The van der Waals surface area contributed by atoms with Crippen molar-refractivity contribution in [2.24, 2.45) is 0 Å². The molecule has 174 valence electrons. The van der Waals surface area contributed by atoms with Crippen LogP contribution in [0, 0.1) is 5.82 Å². The SMILES string of the molecule is O=C(CSc1nnc(-c2ccccc2F)n1-c1ccccc1)Nc1ncn(Cc2ccccc2)n1. The third-order valence-corrected chi connectivity index (χ3v) is 6.00. The van der Waals surface area contributed by atoms with Crippen LogP contribution in [0.4, 0.5) is 10.3 Å². The largest absolute Gasteiger partial charge is 0.292 e. The van der Waals surface area contributed by atoms with Crippen molar-refractivity contribution in [2.45, 2.75) is 11.7 Å². The van der Waals surface area contributed by atoms with Gasteiger partial charge < -0.3 is 0 Å². The van der Waals surface area contributed by atoms with Gasteiger partial charge in [0, 0.05) is 5.69 Å². The van der Waals surface area contributed by atoms with Crippen molar-refractivity contribution < 1.29 is 9.18 Å². The van der Waals surface area contributed by atoms with Gasteiger partial charge in [-0.05, 0) is 29.8 Å². The highest BCUT2D eigenvalue weighted by atomic mass is 32.2. The zero-order chi connectivity index (χ0) is 24.0. The topological polar surface area (TPSA) is 90.5 Å². The van der Waals surface area contributed by atoms with Gasteiger partial charge in [-0.1, -0.05) is 72.4 Å². The molecule has 0 spiro atoms. The van der Waals surface area contributed by atoms with Gasteiger partial charge in [0.15, 0.2) is 11.0 Å². The lowest BCUT2D eigenvalue weighted by Crippen LogP contribution is -2.16. The van der Waals surface area contributed by atoms with Crippen LogP contribution in [0.5, 0.6) is 0 Å². The molecule has 35 heavy (non-hydrogen) atoms. The summed E-state index contributed by atoms with van der Waals surface area (Å²) in [6.45, 7) is 0.553. The second-order valence-corrected chi connectivity index (χ2v) is 8.49. The van der Waals surface area contributed by atoms with Crippen LogP contribution in [0.1, 0.15) is 5.56 Å². The first-order valence-electron chi connectivity index (χ1n) is 10.8. The van der Waals surface area contributed by atoms with Crippen molar-refractivity contribution in [1.29, 1.82) is 0 Å². The van der Waals surface area contributed by atoms with Crippen LogP contribution in [0.3, 0.4) is 0 Å². The third-order valence-electron chi connectivity index (χ3n) is 5.07. The first-order chi connectivity index (χ1) is 17.2. The van der Waals surface area contributed by atoms with Gasteiger partial charge in [0.2, 0.25) is 11.9 Å². The lowest BCUT2D eigenvalue weighted by Gasteiger charge is -2.10. The van der Waals surface area contributed by atoms with E-state index in [1.165, 1.54) is 17.8 Å². The summed E-state index contributed by atoms with van der Waals surface area (Å²) < 4.78 is 17.9. The number of benzene rings is 3. The molecule has 2 heterocycles. The number of para-hydroxylation sites is 1. The quantitative estimate of drug-likeness (QED) is 0.327. The van der Waals surface area contributed by atoms with Gasteiger partial charge in [-0.3, -0.25) is 14.7 Å². The number of anilines is 1. The Kier molecular flexibility index (Phi) is 6.62. The zero-order valence-corrected chi connectivity index (χ0v) is 19.3. The lowest BCUT2D eigenvalue weighted by molar-refractivity contribution is -0.113. The van der Waals surface area contributed by atoms with Crippen LogP contribution < -0.4 is 5.32 Å². The number of aromatic nitrogens is 6. The normalized spacial score (nSPS) is 10.9. The molecule has 0 bridgehead atoms. The number of halogens is 1. The maximum Gasteiger partial charge on any atom is 0.248 e. The fraction of sp³-hybridized carbons (Fsp3) is 0.0800. The van der Waals surface area contributed by atoms with Gasteiger partial charge in [-0.25, -0.2) is 14.1 Å². The summed E-state index contributed by atoms with van der Waals surface area (Å²) in [5, 5.41) is 15.9. The number of carbonyl (C=O) groups is 1. The van der Waals surface area contributed by atoms with Crippen LogP contribution in [0.2, 0.25) is 0 Å². The van der Waals surface area contributed by atoms with Crippen molar-refractivity contribution in [3.8, 4) is 17.1 Å². The maximum absolute atomic E-state index is 14.5. The number of carbonyl (C=O) groups excluding carboxylic acids is 1. The minimum Gasteiger partial charge on any atom is -0.292 e. The van der Waals surface area contributed by atoms with E-state index in [4.69, 9.17) is 0 Å². The molecule has 0 radical (unpaired) electrons. The smallest absolute Gasteiger partial charge is 0.248 e. The molecule has 10 heteroatoms. The lowest BCUT2D eigenvalue weighted by atomic mass is 10.2. The van der Waals surface area contributed by atoms with Crippen molar-refractivity contribution >= 4 is 23.6 Å². The monoisotopic (exact) mass is 485 g/mol. The molecule has 1 amide bonds. The molecule has 0 aliphatic heterocycles. The second-order valence-electron chi connectivity index (χ2n) is 7.55. The fourth-order valence-corrected chi connectivity index (χ4v) is 4.23. The number of rotatable bonds is 8. The van der Waals surface area contributed by atoms with Crippen LogP contribution in [-0.4, -0.2) is 41.2 Å². The minimum absolute atomic E-state index is 0.0511. The summed E-state index contributed by atoms with van der Waals surface area (Å²) in [5.41, 5.74) is 2.17. The highest BCUT2D eigenvalue weighted by molar-refractivity contribution is 7.99. The van der Waals surface area contributed by atoms with Crippen molar-refractivity contribution in [3.63, 3.8) is 0 Å². The van der Waals surface area contributed by atoms with E-state index in [9.17, 15) is 9.18 Å². The number of hydrogen-bond donors (Lipinski definition) is 1. The first kappa shape index (κ1) is 22.5. The molecule has 1 N–H and O–H groups in total. The van der Waals surface area contributed by atoms with E-state index in [2.05, 4.69) is 25.6 Å². The van der Waals surface area contributed by atoms with Gasteiger partial charge in [-0.15, -0.1) is 15.3 Å². The molecular formula is C25H20FN7OS. The van der Waals surface area contributed by atoms with Crippen molar-refractivity contribution in [3.05, 3.63) is 103 Å². The van der Waals surface area contributed by atoms with Crippen molar-refractivity contribution in [2.75, 3.05) is 11.1 Å². The van der Waals surface area contributed by atoms with E-state index >= 15 is 0 Å². The van der Waals surface area contributed by atoms with Gasteiger partial charge in [0.1, 0.15) is 12.1 Å². The molecule has 0 aliphatic carbocycles. The molecule has 0 atom stereocenters. The Balaban J connectivity index is 1.30. The Morgan fingerprint density at radius 2 is 1.63 bits per heavy atom. The molecule has 0 saturated heterocycles. The van der Waals surface area contributed by atoms with Gasteiger partial charge >= 0.3 is 0 Å². The van der Waals surface area contributed by atoms with Gasteiger partial charge in [0.05, 0.1) is 17.9 Å². The molecule has 5 rings (SSSR count). The van der Waals surface area contributed by atoms with E-state index in [1.807, 2.05) is 60.7 Å². The van der Waals surface area contributed by atoms with E-state index in [-0.39, 0.29) is 17.6 Å². The first-order valence-corrected chi connectivity index (χ1v) is 11.8. The molecule has 2 aromatic heterocycles. The molecule has 0 aliphatic rings. The number of nitrogens with zero attached hydrogens (tertiary/aromatic N) is 6. The fourth-order valence-electron chi connectivity index (χ4n) is 3.48. The second kappa shape index (κ2) is 10.3. The Bertz CT molecular complexity index is 1440. The van der Waals surface area contributed by atoms with Crippen LogP contribution in [0.15, 0.2) is 96.4 Å². The molecule has 8 nitrogen and oxygen atoms in total. The van der Waals surface area contributed by atoms with E-state index < -0.39 is 5.82 Å². The molecule has 0 fully saturated rings. The molecule has 5 aromatic rings. The Morgan fingerprint density at radius 1 is 0.914 bits per heavy atom. The maximum atomic E-state index is 14.5. The Hall–Kier alpha value is -4.31. The highest BCUT2D eigenvalue weighted by Crippen LogP contribution is 2.29. The Morgan fingerprint density at radius 3 is 2.40 bits per heavy atom. The standard InChI is InChI=1S/C25H20FN7OS/c26-21-14-8-7-13-20(21)23-29-30-25(33(23)19-11-5-2-6-12-19)35-16-22(34)28-24-27-17-32(31-24)15-18-9-3-1-4-10-18/h1-14,17H,15-16H2,(H,28,31,34). The van der Waals surface area contributed by atoms with Gasteiger partial charge in [0.25, 0.3) is 0 Å². The molecular weight excluding hydrogens is 465 g/mol. The van der Waals surface area contributed by atoms with E-state index in [0.29, 0.717) is 23.1 Å². The number of hydrogen-bond acceptors (Lipinski definition) is 6. The Labute approximate surface area is 204 Å². The van der Waals surface area contributed by atoms with Crippen LogP contribution in [-0.2, 0) is 11.3 Å². The average Bonchev–Trinajstić information content (AvgIpc) is 3.51. The predicted octanol–water partition coefficient (Wildman–Crippen LogP) is 4.44. The number of amides is 1.